The molecule has 0 aliphatic carbocycles. The maximum atomic E-state index is 12.8. The molecular formula is C53H88NO7+. The second-order valence-electron chi connectivity index (χ2n) is 16.8. The highest BCUT2D eigenvalue weighted by Crippen LogP contribution is 2.14. The lowest BCUT2D eigenvalue weighted by molar-refractivity contribution is -0.887. The molecule has 0 radical (unpaired) electrons. The van der Waals surface area contributed by atoms with Crippen LogP contribution in [0.5, 0.6) is 0 Å². The number of ether oxygens (including phenoxy) is 3. The van der Waals surface area contributed by atoms with Crippen molar-refractivity contribution in [3.05, 3.63) is 97.2 Å². The van der Waals surface area contributed by atoms with E-state index >= 15 is 0 Å². The summed E-state index contributed by atoms with van der Waals surface area (Å²) < 4.78 is 17.3. The van der Waals surface area contributed by atoms with Crippen LogP contribution in [0.15, 0.2) is 97.2 Å². The van der Waals surface area contributed by atoms with Crippen LogP contribution >= 0.6 is 0 Å². The molecular weight excluding hydrogens is 763 g/mol. The molecule has 0 aromatic carbocycles. The van der Waals surface area contributed by atoms with Gasteiger partial charge in [-0.1, -0.05) is 188 Å². The summed E-state index contributed by atoms with van der Waals surface area (Å²) in [6.45, 7) is 4.51. The van der Waals surface area contributed by atoms with Gasteiger partial charge in [0.05, 0.1) is 34.4 Å². The number of carboxylic acid groups (broad SMARTS) is 1. The lowest BCUT2D eigenvalue weighted by Crippen LogP contribution is -2.50. The zero-order valence-corrected chi connectivity index (χ0v) is 39.3. The first-order chi connectivity index (χ1) is 29.6. The van der Waals surface area contributed by atoms with Crippen LogP contribution in [0.1, 0.15) is 168 Å². The van der Waals surface area contributed by atoms with Gasteiger partial charge >= 0.3 is 17.9 Å². The normalized spacial score (nSPS) is 13.8. The molecule has 0 heterocycles. The van der Waals surface area contributed by atoms with Crippen molar-refractivity contribution in [3.63, 3.8) is 0 Å². The van der Waals surface area contributed by atoms with Crippen molar-refractivity contribution in [2.75, 3.05) is 41.0 Å². The molecule has 0 fully saturated rings. The Bertz CT molecular complexity index is 1310. The molecule has 0 aromatic rings. The van der Waals surface area contributed by atoms with Gasteiger partial charge in [-0.2, -0.15) is 0 Å². The van der Waals surface area contributed by atoms with E-state index in [1.807, 2.05) is 81.9 Å². The monoisotopic (exact) mass is 851 g/mol. The van der Waals surface area contributed by atoms with Crippen LogP contribution in [0, 0.1) is 0 Å². The van der Waals surface area contributed by atoms with Crippen molar-refractivity contribution < 1.29 is 38.2 Å². The van der Waals surface area contributed by atoms with Crippen molar-refractivity contribution in [1.82, 2.24) is 0 Å². The highest BCUT2D eigenvalue weighted by atomic mass is 16.6. The molecule has 0 saturated carbocycles. The van der Waals surface area contributed by atoms with Gasteiger partial charge in [-0.25, -0.2) is 4.79 Å². The maximum Gasteiger partial charge on any atom is 0.362 e. The number of likely N-dealkylation sites (N-methyl/N-ethyl adjacent to an activating group) is 1. The number of allylic oxidation sites excluding steroid dienone is 16. The smallest absolute Gasteiger partial charge is 0.362 e. The van der Waals surface area contributed by atoms with E-state index in [-0.39, 0.29) is 36.2 Å². The zero-order valence-electron chi connectivity index (χ0n) is 39.3. The highest BCUT2D eigenvalue weighted by Gasteiger charge is 2.31. The number of hydrogen-bond donors (Lipinski definition) is 1. The minimum atomic E-state index is -0.886. The Morgan fingerprint density at radius 1 is 0.508 bits per heavy atom. The molecule has 0 aromatic heterocycles. The number of quaternary nitrogens is 1. The molecule has 0 aliphatic rings. The van der Waals surface area contributed by atoms with Crippen molar-refractivity contribution in [3.8, 4) is 0 Å². The quantitative estimate of drug-likeness (QED) is 0.0283. The molecule has 0 amide bonds. The van der Waals surface area contributed by atoms with Gasteiger partial charge in [-0.15, -0.1) is 0 Å². The first-order valence-corrected chi connectivity index (χ1v) is 23.9. The van der Waals surface area contributed by atoms with E-state index in [0.29, 0.717) is 19.3 Å². The molecule has 346 valence electrons. The number of unbranched alkanes of at least 4 members (excludes halogenated alkanes) is 17. The number of nitrogens with zero attached hydrogens (tertiary/aromatic N) is 1. The Kier molecular flexibility index (Phi) is 40.3. The summed E-state index contributed by atoms with van der Waals surface area (Å²) in [6.07, 6.45) is 57.3. The summed E-state index contributed by atoms with van der Waals surface area (Å²) >= 11 is 0. The number of rotatable bonds is 41. The first kappa shape index (κ1) is 57.2. The maximum absolute atomic E-state index is 12.8. The largest absolute Gasteiger partial charge is 0.477 e. The number of esters is 2. The predicted octanol–water partition coefficient (Wildman–Crippen LogP) is 13.5. The fraction of sp³-hybridized carbons (Fsp3) is 0.642. The second kappa shape index (κ2) is 42.9. The topological polar surface area (TPSA) is 99.1 Å². The molecule has 0 rings (SSSR count). The van der Waals surface area contributed by atoms with Crippen LogP contribution in [0.3, 0.4) is 0 Å². The van der Waals surface area contributed by atoms with Crippen molar-refractivity contribution >= 4 is 17.9 Å². The predicted molar refractivity (Wildman–Crippen MR) is 256 cm³/mol. The van der Waals surface area contributed by atoms with E-state index in [1.165, 1.54) is 77.0 Å². The molecule has 8 heteroatoms. The molecule has 0 aliphatic heterocycles. The van der Waals surface area contributed by atoms with Crippen LogP contribution < -0.4 is 0 Å². The summed E-state index contributed by atoms with van der Waals surface area (Å²) in [5.41, 5.74) is 0. The van der Waals surface area contributed by atoms with E-state index < -0.39 is 18.1 Å². The Morgan fingerprint density at radius 3 is 1.39 bits per heavy atom. The lowest BCUT2D eigenvalue weighted by atomic mass is 10.1. The Hall–Kier alpha value is -3.75. The van der Waals surface area contributed by atoms with Gasteiger partial charge in [0.25, 0.3) is 0 Å². The molecule has 8 nitrogen and oxygen atoms in total. The lowest BCUT2D eigenvalue weighted by Gasteiger charge is -2.31. The third-order valence-corrected chi connectivity index (χ3v) is 10.2. The minimum absolute atomic E-state index is 0.0390. The average molecular weight is 851 g/mol. The van der Waals surface area contributed by atoms with Gasteiger partial charge in [-0.05, 0) is 57.8 Å². The highest BCUT2D eigenvalue weighted by molar-refractivity contribution is 5.72. The molecule has 0 spiro atoms. The summed E-state index contributed by atoms with van der Waals surface area (Å²) in [5.74, 6) is -1.54. The van der Waals surface area contributed by atoms with Gasteiger partial charge in [0.1, 0.15) is 6.61 Å². The standard InChI is InChI=1S/C53H87NO7/c1-6-8-10-12-14-16-18-20-22-24-25-26-28-30-32-34-36-38-40-42-44-52(56)61-49(47-59-46-45-50(53(57)58)54(3,4)5)48-60-51(55)43-41-39-37-35-33-31-29-27-23-21-19-17-15-13-11-9-7-2/h9,11,13,15-23,27,29,31,33,49-50H,6-8,10,12,14,24-26,28,30,32,34-48H2,1-5H3/p+1/b11-9+,15-13+,18-16+,19-17+,22-20+,23-21+,29-27+,33-31+. The van der Waals surface area contributed by atoms with Gasteiger partial charge in [0.15, 0.2) is 12.1 Å². The molecule has 0 bridgehead atoms. The van der Waals surface area contributed by atoms with Crippen LogP contribution in [-0.2, 0) is 28.6 Å². The van der Waals surface area contributed by atoms with Gasteiger partial charge in [0, 0.05) is 19.3 Å². The van der Waals surface area contributed by atoms with Crippen LogP contribution in [0.2, 0.25) is 0 Å². The van der Waals surface area contributed by atoms with E-state index in [9.17, 15) is 19.5 Å². The first-order valence-electron chi connectivity index (χ1n) is 23.9. The fourth-order valence-corrected chi connectivity index (χ4v) is 6.47. The van der Waals surface area contributed by atoms with E-state index in [2.05, 4.69) is 50.3 Å². The molecule has 2 atom stereocenters. The van der Waals surface area contributed by atoms with E-state index in [0.717, 1.165) is 57.8 Å². The van der Waals surface area contributed by atoms with Gasteiger partial charge in [-0.3, -0.25) is 9.59 Å². The summed E-state index contributed by atoms with van der Waals surface area (Å²) in [4.78, 5) is 37.1. The number of carboxylic acids is 1. The Labute approximate surface area is 373 Å². The van der Waals surface area contributed by atoms with Crippen molar-refractivity contribution in [2.45, 2.75) is 180 Å². The van der Waals surface area contributed by atoms with Gasteiger partial charge < -0.3 is 23.8 Å². The second-order valence-corrected chi connectivity index (χ2v) is 16.8. The van der Waals surface area contributed by atoms with E-state index in [1.54, 1.807) is 0 Å². The van der Waals surface area contributed by atoms with E-state index in [4.69, 9.17) is 14.2 Å². The molecule has 1 N–H and O–H groups in total. The van der Waals surface area contributed by atoms with Gasteiger partial charge in [0.2, 0.25) is 0 Å². The number of hydrogen-bond acceptors (Lipinski definition) is 6. The van der Waals surface area contributed by atoms with Crippen molar-refractivity contribution in [2.24, 2.45) is 0 Å². The van der Waals surface area contributed by atoms with Crippen LogP contribution in [0.4, 0.5) is 0 Å². The number of aliphatic carboxylic acids is 1. The third-order valence-electron chi connectivity index (χ3n) is 10.2. The van der Waals surface area contributed by atoms with Crippen molar-refractivity contribution in [1.29, 1.82) is 0 Å². The minimum Gasteiger partial charge on any atom is -0.477 e. The fourth-order valence-electron chi connectivity index (χ4n) is 6.47. The molecule has 2 unspecified atom stereocenters. The molecule has 61 heavy (non-hydrogen) atoms. The summed E-state index contributed by atoms with van der Waals surface area (Å²) in [5, 5.41) is 9.64. The SMILES string of the molecule is CC/C=C/C=C/C=C/C=C/C=C/C=C/CCCCCC(=O)OCC(COCCC(C(=O)O)[N+](C)(C)C)OC(=O)CCCCCCCCCCCC/C=C/C=C/CCCCCC. The Balaban J connectivity index is 4.40. The molecule has 0 saturated heterocycles. The average Bonchev–Trinajstić information content (AvgIpc) is 3.22. The van der Waals surface area contributed by atoms with Crippen LogP contribution in [-0.4, -0.2) is 80.6 Å². The third kappa shape index (κ3) is 41.4. The summed E-state index contributed by atoms with van der Waals surface area (Å²) in [6, 6.07) is -0.628. The number of carbonyl (C=O) groups excluding carboxylic acids is 2. The summed E-state index contributed by atoms with van der Waals surface area (Å²) in [7, 11) is 5.50. The van der Waals surface area contributed by atoms with Crippen LogP contribution in [0.25, 0.3) is 0 Å². The zero-order chi connectivity index (χ0) is 44.9. The number of carbonyl (C=O) groups is 3. The Morgan fingerprint density at radius 2 is 0.918 bits per heavy atom.